The number of hydrogen-bond donors (Lipinski definition) is 0. The van der Waals surface area contributed by atoms with Gasteiger partial charge in [0.25, 0.3) is 0 Å². The Labute approximate surface area is 360 Å². The summed E-state index contributed by atoms with van der Waals surface area (Å²) in [5, 5.41) is 2.57. The van der Waals surface area contributed by atoms with Gasteiger partial charge in [-0.05, 0) is 150 Å². The standard InChI is InChI=1S/C58H62N2/c1-7-36-57(6,59(48-24-12-10-13-25-48)50-32-28-42-20-16-18-22-44(42)38-50)46-30-34-52-53-35-31-47(41-55(53)56(4,5)54(52)40-46)58(9-3,37-8-2)60(49-26-14-11-15-27-49)51-33-29-43-21-17-19-23-45(43)39-51/h10-12,14-18,20-22,24,26-35,38-41H,7-9,13,19,23,25,36-37H2,1-6H3. The minimum Gasteiger partial charge on any atom is -0.335 e. The largest absolute Gasteiger partial charge is 0.335 e. The van der Waals surface area contributed by atoms with Crippen LogP contribution in [-0.2, 0) is 22.9 Å². The molecule has 6 aromatic carbocycles. The smallest absolute Gasteiger partial charge is 0.0699 e. The third-order valence-electron chi connectivity index (χ3n) is 14.3. The Bertz CT molecular complexity index is 2620. The van der Waals surface area contributed by atoms with E-state index in [-0.39, 0.29) is 16.5 Å². The number of nitrogens with zero attached hydrogens (tertiary/aromatic N) is 2. The van der Waals surface area contributed by atoms with Crippen molar-refractivity contribution in [3.63, 3.8) is 0 Å². The van der Waals surface area contributed by atoms with Crippen LogP contribution in [0.4, 0.5) is 17.1 Å². The summed E-state index contributed by atoms with van der Waals surface area (Å²) in [6.07, 6.45) is 21.1. The highest BCUT2D eigenvalue weighted by atomic mass is 15.2. The van der Waals surface area contributed by atoms with E-state index < -0.39 is 0 Å². The maximum absolute atomic E-state index is 2.69. The molecule has 0 amide bonds. The molecular weight excluding hydrogens is 725 g/mol. The highest BCUT2D eigenvalue weighted by Gasteiger charge is 2.43. The van der Waals surface area contributed by atoms with Crippen molar-refractivity contribution in [2.24, 2.45) is 0 Å². The van der Waals surface area contributed by atoms with Crippen LogP contribution in [0.1, 0.15) is 126 Å². The molecule has 2 heteroatoms. The van der Waals surface area contributed by atoms with Crippen LogP contribution in [0.3, 0.4) is 0 Å². The van der Waals surface area contributed by atoms with Crippen molar-refractivity contribution in [2.75, 3.05) is 9.80 Å². The first kappa shape index (κ1) is 39.8. The molecule has 0 saturated heterocycles. The van der Waals surface area contributed by atoms with Gasteiger partial charge in [-0.1, -0.05) is 163 Å². The van der Waals surface area contributed by atoms with Gasteiger partial charge in [-0.25, -0.2) is 0 Å². The number of benzene rings is 6. The summed E-state index contributed by atoms with van der Waals surface area (Å²) < 4.78 is 0. The minimum absolute atomic E-state index is 0.175. The zero-order valence-electron chi connectivity index (χ0n) is 36.8. The first-order valence-corrected chi connectivity index (χ1v) is 22.8. The second-order valence-electron chi connectivity index (χ2n) is 18.3. The second kappa shape index (κ2) is 16.1. The lowest BCUT2D eigenvalue weighted by Gasteiger charge is -2.46. The Balaban J connectivity index is 1.16. The van der Waals surface area contributed by atoms with Gasteiger partial charge >= 0.3 is 0 Å². The Morgan fingerprint density at radius 2 is 1.25 bits per heavy atom. The van der Waals surface area contributed by atoms with Crippen LogP contribution in [0, 0.1) is 0 Å². The fourth-order valence-electron chi connectivity index (χ4n) is 11.2. The SMILES string of the molecule is CCCC(C)(c1ccc2c(c1)C(C)(C)c1cc(C(CC)(CCC)N(c3ccccc3)c3ccc4c(c3)CCC=C4)ccc1-2)N(C1=CC=CCC1)c1ccc2ccccc2c1. The number of fused-ring (bicyclic) bond motifs is 5. The summed E-state index contributed by atoms with van der Waals surface area (Å²) >= 11 is 0. The molecule has 3 aliphatic rings. The fraction of sp³-hybridized carbons (Fsp3) is 0.310. The topological polar surface area (TPSA) is 6.48 Å². The van der Waals surface area contributed by atoms with Gasteiger partial charge in [-0.15, -0.1) is 0 Å². The zero-order valence-corrected chi connectivity index (χ0v) is 36.8. The second-order valence-corrected chi connectivity index (χ2v) is 18.3. The van der Waals surface area contributed by atoms with Crippen molar-refractivity contribution in [3.8, 4) is 11.1 Å². The first-order valence-electron chi connectivity index (χ1n) is 22.8. The number of rotatable bonds is 13. The molecule has 0 saturated carbocycles. The van der Waals surface area contributed by atoms with E-state index in [1.807, 2.05) is 0 Å². The van der Waals surface area contributed by atoms with E-state index in [0.717, 1.165) is 57.8 Å². The lowest BCUT2D eigenvalue weighted by molar-refractivity contribution is 0.381. The molecule has 2 atom stereocenters. The van der Waals surface area contributed by atoms with Crippen molar-refractivity contribution in [1.29, 1.82) is 0 Å². The van der Waals surface area contributed by atoms with Crippen LogP contribution in [0.25, 0.3) is 28.0 Å². The van der Waals surface area contributed by atoms with E-state index in [0.29, 0.717) is 0 Å². The normalized spacial score (nSPS) is 16.9. The molecule has 0 aliphatic heterocycles. The maximum Gasteiger partial charge on any atom is 0.0699 e. The molecular formula is C58H62N2. The van der Waals surface area contributed by atoms with Crippen LogP contribution in [0.15, 0.2) is 157 Å². The van der Waals surface area contributed by atoms with Gasteiger partial charge in [0.05, 0.1) is 11.1 Å². The lowest BCUT2D eigenvalue weighted by Crippen LogP contribution is -2.44. The van der Waals surface area contributed by atoms with Gasteiger partial charge in [0, 0.05) is 28.2 Å². The van der Waals surface area contributed by atoms with Crippen LogP contribution >= 0.6 is 0 Å². The zero-order chi connectivity index (χ0) is 41.5. The quantitative estimate of drug-likeness (QED) is 0.115. The Morgan fingerprint density at radius 3 is 1.97 bits per heavy atom. The number of aryl methyl sites for hydroxylation is 1. The minimum atomic E-state index is -0.251. The van der Waals surface area contributed by atoms with Crippen LogP contribution in [0.5, 0.6) is 0 Å². The molecule has 0 spiro atoms. The van der Waals surface area contributed by atoms with Crippen molar-refractivity contribution < 1.29 is 0 Å². The third-order valence-corrected chi connectivity index (χ3v) is 14.3. The van der Waals surface area contributed by atoms with Crippen LogP contribution in [0.2, 0.25) is 0 Å². The lowest BCUT2D eigenvalue weighted by atomic mass is 9.75. The first-order chi connectivity index (χ1) is 29.2. The summed E-state index contributed by atoms with van der Waals surface area (Å²) in [4.78, 5) is 5.38. The Morgan fingerprint density at radius 1 is 0.583 bits per heavy atom. The monoisotopic (exact) mass is 786 g/mol. The molecule has 0 fully saturated rings. The van der Waals surface area contributed by atoms with E-state index in [2.05, 4.69) is 209 Å². The number of anilines is 3. The van der Waals surface area contributed by atoms with Crippen molar-refractivity contribution in [2.45, 2.75) is 116 Å². The van der Waals surface area contributed by atoms with Crippen LogP contribution in [-0.4, -0.2) is 0 Å². The third kappa shape index (κ3) is 6.73. The van der Waals surface area contributed by atoms with Crippen molar-refractivity contribution >= 4 is 33.9 Å². The van der Waals surface area contributed by atoms with Crippen molar-refractivity contribution in [3.05, 3.63) is 191 Å². The van der Waals surface area contributed by atoms with Gasteiger partial charge in [-0.3, -0.25) is 0 Å². The molecule has 60 heavy (non-hydrogen) atoms. The predicted octanol–water partition coefficient (Wildman–Crippen LogP) is 16.1. The number of para-hydroxylation sites is 1. The number of hydrogen-bond acceptors (Lipinski definition) is 2. The highest BCUT2D eigenvalue weighted by Crippen LogP contribution is 2.54. The van der Waals surface area contributed by atoms with Gasteiger partial charge in [0.1, 0.15) is 0 Å². The maximum atomic E-state index is 2.69. The van der Waals surface area contributed by atoms with Gasteiger partial charge in [0.15, 0.2) is 0 Å². The summed E-state index contributed by atoms with van der Waals surface area (Å²) in [6.45, 7) is 14.5. The molecule has 0 bridgehead atoms. The van der Waals surface area contributed by atoms with E-state index >= 15 is 0 Å². The highest BCUT2D eigenvalue weighted by molar-refractivity contribution is 5.87. The van der Waals surface area contributed by atoms with Gasteiger partial charge < -0.3 is 9.80 Å². The molecule has 9 rings (SSSR count). The molecule has 0 radical (unpaired) electrons. The molecule has 2 unspecified atom stereocenters. The Hall–Kier alpha value is -5.60. The van der Waals surface area contributed by atoms with E-state index in [9.17, 15) is 0 Å². The molecule has 304 valence electrons. The van der Waals surface area contributed by atoms with Crippen LogP contribution < -0.4 is 9.80 Å². The molecule has 0 aromatic heterocycles. The predicted molar refractivity (Wildman–Crippen MR) is 258 cm³/mol. The average molecular weight is 787 g/mol. The molecule has 2 nitrogen and oxygen atoms in total. The summed E-state index contributed by atoms with van der Waals surface area (Å²) in [5.74, 6) is 0. The van der Waals surface area contributed by atoms with Crippen molar-refractivity contribution in [1.82, 2.24) is 0 Å². The molecule has 6 aromatic rings. The molecule has 3 aliphatic carbocycles. The summed E-state index contributed by atoms with van der Waals surface area (Å²) in [5.41, 5.74) is 15.8. The number of allylic oxidation sites excluding steroid dienone is 5. The molecule has 0 heterocycles. The van der Waals surface area contributed by atoms with Gasteiger partial charge in [0.2, 0.25) is 0 Å². The average Bonchev–Trinajstić information content (AvgIpc) is 3.51. The van der Waals surface area contributed by atoms with E-state index in [4.69, 9.17) is 0 Å². The van der Waals surface area contributed by atoms with E-state index in [1.54, 1.807) is 0 Å². The summed E-state index contributed by atoms with van der Waals surface area (Å²) in [7, 11) is 0. The van der Waals surface area contributed by atoms with Gasteiger partial charge in [-0.2, -0.15) is 0 Å². The van der Waals surface area contributed by atoms with E-state index in [1.165, 1.54) is 78.0 Å². The Kier molecular flexibility index (Phi) is 10.7. The summed E-state index contributed by atoms with van der Waals surface area (Å²) in [6, 6.07) is 49.2. The fourth-order valence-corrected chi connectivity index (χ4v) is 11.2. The molecule has 0 N–H and O–H groups in total.